The molecule has 0 aromatic carbocycles. The Morgan fingerprint density at radius 3 is 3.20 bits per heavy atom. The highest BCUT2D eigenvalue weighted by Crippen LogP contribution is 2.16. The topological polar surface area (TPSA) is 34.4 Å². The number of hydrogen-bond acceptors (Lipinski definition) is 3. The van der Waals surface area contributed by atoms with Gasteiger partial charge in [-0.2, -0.15) is 0 Å². The van der Waals surface area contributed by atoms with E-state index in [1.54, 1.807) is 6.26 Å². The van der Waals surface area contributed by atoms with E-state index in [0.29, 0.717) is 0 Å². The van der Waals surface area contributed by atoms with Crippen LogP contribution in [-0.4, -0.2) is 25.3 Å². The number of hydrogen-bond donors (Lipinski definition) is 1. The van der Waals surface area contributed by atoms with Crippen LogP contribution in [0, 0.1) is 0 Å². The molecular weight excluding hydrogens is 190 g/mol. The third kappa shape index (κ3) is 2.94. The van der Waals surface area contributed by atoms with Crippen LogP contribution >= 0.6 is 0 Å². The van der Waals surface area contributed by atoms with Gasteiger partial charge in [-0.15, -0.1) is 0 Å². The molecule has 0 amide bonds. The van der Waals surface area contributed by atoms with Gasteiger partial charge in [-0.1, -0.05) is 6.08 Å². The summed E-state index contributed by atoms with van der Waals surface area (Å²) in [7, 11) is 0. The van der Waals surface area contributed by atoms with Crippen LogP contribution in [0.3, 0.4) is 0 Å². The van der Waals surface area contributed by atoms with Gasteiger partial charge in [0.2, 0.25) is 0 Å². The highest BCUT2D eigenvalue weighted by Gasteiger charge is 2.27. The maximum Gasteiger partial charge on any atom is 0.126 e. The van der Waals surface area contributed by atoms with E-state index in [2.05, 4.69) is 18.3 Å². The standard InChI is InChI=1S/C12H17NO2/c1-12(6-9-14-10-12)13-7-2-4-11-5-3-8-15-11/h2-5,8,13H,6-7,9-10H2,1H3/b4-2+. The molecule has 0 radical (unpaired) electrons. The van der Waals surface area contributed by atoms with Crippen molar-refractivity contribution in [1.82, 2.24) is 5.32 Å². The van der Waals surface area contributed by atoms with Gasteiger partial charge in [0.05, 0.1) is 12.9 Å². The molecular formula is C12H17NO2. The molecule has 0 saturated carbocycles. The van der Waals surface area contributed by atoms with Crippen molar-refractivity contribution >= 4 is 6.08 Å². The number of nitrogens with one attached hydrogen (secondary N) is 1. The minimum atomic E-state index is 0.146. The van der Waals surface area contributed by atoms with E-state index in [0.717, 1.165) is 31.9 Å². The average molecular weight is 207 g/mol. The molecule has 3 heteroatoms. The maximum atomic E-state index is 5.36. The van der Waals surface area contributed by atoms with E-state index in [-0.39, 0.29) is 5.54 Å². The number of rotatable bonds is 4. The molecule has 2 rings (SSSR count). The number of ether oxygens (including phenoxy) is 1. The first-order chi connectivity index (χ1) is 7.29. The fourth-order valence-electron chi connectivity index (χ4n) is 1.67. The Kier molecular flexibility index (Phi) is 3.23. The van der Waals surface area contributed by atoms with Crippen LogP contribution in [0.2, 0.25) is 0 Å². The molecule has 1 fully saturated rings. The first-order valence-corrected chi connectivity index (χ1v) is 5.31. The van der Waals surface area contributed by atoms with Crippen molar-refractivity contribution in [3.05, 3.63) is 30.2 Å². The van der Waals surface area contributed by atoms with Gasteiger partial charge in [0.15, 0.2) is 0 Å². The van der Waals surface area contributed by atoms with Crippen LogP contribution in [0.25, 0.3) is 6.08 Å². The summed E-state index contributed by atoms with van der Waals surface area (Å²) < 4.78 is 10.5. The first kappa shape index (κ1) is 10.5. The number of furan rings is 1. The Morgan fingerprint density at radius 1 is 1.60 bits per heavy atom. The largest absolute Gasteiger partial charge is 0.465 e. The highest BCUT2D eigenvalue weighted by molar-refractivity contribution is 5.42. The van der Waals surface area contributed by atoms with Gasteiger partial charge in [-0.3, -0.25) is 0 Å². The summed E-state index contributed by atoms with van der Waals surface area (Å²) in [5, 5.41) is 3.47. The first-order valence-electron chi connectivity index (χ1n) is 5.31. The van der Waals surface area contributed by atoms with Crippen LogP contribution in [0.1, 0.15) is 19.1 Å². The summed E-state index contributed by atoms with van der Waals surface area (Å²) in [6, 6.07) is 3.83. The smallest absolute Gasteiger partial charge is 0.126 e. The van der Waals surface area contributed by atoms with Crippen LogP contribution < -0.4 is 5.32 Å². The van der Waals surface area contributed by atoms with Crippen molar-refractivity contribution in [3.8, 4) is 0 Å². The molecule has 0 bridgehead atoms. The fraction of sp³-hybridized carbons (Fsp3) is 0.500. The second-order valence-electron chi connectivity index (χ2n) is 4.16. The molecule has 82 valence electrons. The summed E-state index contributed by atoms with van der Waals surface area (Å²) in [6.45, 7) is 4.72. The van der Waals surface area contributed by atoms with Crippen LogP contribution in [0.15, 0.2) is 28.9 Å². The molecule has 1 aromatic rings. The molecule has 1 aliphatic rings. The van der Waals surface area contributed by atoms with Gasteiger partial charge in [0.25, 0.3) is 0 Å². The fourth-order valence-corrected chi connectivity index (χ4v) is 1.67. The molecule has 1 saturated heterocycles. The van der Waals surface area contributed by atoms with E-state index in [1.165, 1.54) is 0 Å². The summed E-state index contributed by atoms with van der Waals surface area (Å²) in [5.41, 5.74) is 0.146. The Hall–Kier alpha value is -1.06. The van der Waals surface area contributed by atoms with Gasteiger partial charge < -0.3 is 14.5 Å². The van der Waals surface area contributed by atoms with Crippen molar-refractivity contribution in [1.29, 1.82) is 0 Å². The van der Waals surface area contributed by atoms with Crippen molar-refractivity contribution in [2.75, 3.05) is 19.8 Å². The lowest BCUT2D eigenvalue weighted by atomic mass is 10.0. The van der Waals surface area contributed by atoms with Gasteiger partial charge >= 0.3 is 0 Å². The Balaban J connectivity index is 1.75. The zero-order valence-corrected chi connectivity index (χ0v) is 9.03. The van der Waals surface area contributed by atoms with E-state index >= 15 is 0 Å². The predicted molar refractivity (Wildman–Crippen MR) is 59.6 cm³/mol. The molecule has 0 spiro atoms. The molecule has 1 aromatic heterocycles. The highest BCUT2D eigenvalue weighted by atomic mass is 16.5. The van der Waals surface area contributed by atoms with Gasteiger partial charge in [-0.05, 0) is 31.6 Å². The van der Waals surface area contributed by atoms with Crippen molar-refractivity contribution in [2.45, 2.75) is 18.9 Å². The molecule has 1 aliphatic heterocycles. The summed E-state index contributed by atoms with van der Waals surface area (Å²) in [4.78, 5) is 0. The third-order valence-corrected chi connectivity index (χ3v) is 2.69. The third-order valence-electron chi connectivity index (χ3n) is 2.69. The lowest BCUT2D eigenvalue weighted by Crippen LogP contribution is -2.42. The van der Waals surface area contributed by atoms with Gasteiger partial charge in [0.1, 0.15) is 5.76 Å². The van der Waals surface area contributed by atoms with Gasteiger partial charge in [0, 0.05) is 18.7 Å². The van der Waals surface area contributed by atoms with Crippen molar-refractivity contribution in [2.24, 2.45) is 0 Å². The molecule has 1 atom stereocenters. The lowest BCUT2D eigenvalue weighted by molar-refractivity contribution is 0.173. The molecule has 0 aliphatic carbocycles. The van der Waals surface area contributed by atoms with E-state index in [4.69, 9.17) is 9.15 Å². The quantitative estimate of drug-likeness (QED) is 0.820. The Labute approximate surface area is 90.1 Å². The van der Waals surface area contributed by atoms with Crippen LogP contribution in [0.5, 0.6) is 0 Å². The zero-order valence-electron chi connectivity index (χ0n) is 9.03. The maximum absolute atomic E-state index is 5.36. The normalized spacial score (nSPS) is 26.5. The van der Waals surface area contributed by atoms with Crippen LogP contribution in [-0.2, 0) is 4.74 Å². The van der Waals surface area contributed by atoms with Gasteiger partial charge in [-0.25, -0.2) is 0 Å². The van der Waals surface area contributed by atoms with E-state index in [1.807, 2.05) is 18.2 Å². The Bertz CT molecular complexity index is 310. The van der Waals surface area contributed by atoms with E-state index < -0.39 is 0 Å². The lowest BCUT2D eigenvalue weighted by Gasteiger charge is -2.22. The second-order valence-corrected chi connectivity index (χ2v) is 4.16. The zero-order chi connectivity index (χ0) is 10.6. The molecule has 2 heterocycles. The molecule has 15 heavy (non-hydrogen) atoms. The summed E-state index contributed by atoms with van der Waals surface area (Å²) in [6.07, 6.45) is 6.81. The summed E-state index contributed by atoms with van der Waals surface area (Å²) >= 11 is 0. The van der Waals surface area contributed by atoms with E-state index in [9.17, 15) is 0 Å². The van der Waals surface area contributed by atoms with Crippen molar-refractivity contribution < 1.29 is 9.15 Å². The average Bonchev–Trinajstić information content (AvgIpc) is 2.84. The second kappa shape index (κ2) is 4.64. The molecule has 1 N–H and O–H groups in total. The minimum absolute atomic E-state index is 0.146. The minimum Gasteiger partial charge on any atom is -0.465 e. The monoisotopic (exact) mass is 207 g/mol. The van der Waals surface area contributed by atoms with Crippen molar-refractivity contribution in [3.63, 3.8) is 0 Å². The Morgan fingerprint density at radius 2 is 2.53 bits per heavy atom. The predicted octanol–water partition coefficient (Wildman–Crippen LogP) is 2.06. The van der Waals surface area contributed by atoms with Crippen LogP contribution in [0.4, 0.5) is 0 Å². The molecule has 1 unspecified atom stereocenters. The molecule has 3 nitrogen and oxygen atoms in total. The summed E-state index contributed by atoms with van der Waals surface area (Å²) in [5.74, 6) is 0.893. The SMILES string of the molecule is CC1(NC/C=C/c2ccco2)CCOC1.